The fraction of sp³-hybridized carbons (Fsp3) is 0.625. The van der Waals surface area contributed by atoms with Crippen LogP contribution in [0, 0.1) is 0 Å². The van der Waals surface area contributed by atoms with Crippen molar-refractivity contribution in [3.8, 4) is 5.75 Å². The molecule has 1 aromatic rings. The molecule has 1 heterocycles. The molecule has 0 aliphatic carbocycles. The van der Waals surface area contributed by atoms with Crippen LogP contribution >= 0.6 is 0 Å². The second-order valence-electron chi connectivity index (χ2n) is 6.33. The number of ether oxygens (including phenoxy) is 1. The minimum Gasteiger partial charge on any atom is -0.487 e. The average Bonchev–Trinajstić information content (AvgIpc) is 2.66. The second-order valence-corrected chi connectivity index (χ2v) is 7.88. The number of nitrogens with one attached hydrogen (secondary N) is 1. The topological polar surface area (TPSA) is 38.3 Å². The van der Waals surface area contributed by atoms with Gasteiger partial charge in [-0.05, 0) is 44.4 Å². The van der Waals surface area contributed by atoms with Crippen LogP contribution in [-0.4, -0.2) is 27.9 Å². The summed E-state index contributed by atoms with van der Waals surface area (Å²) in [4.78, 5) is 0. The van der Waals surface area contributed by atoms with E-state index in [2.05, 4.69) is 44.3 Å². The van der Waals surface area contributed by atoms with Gasteiger partial charge in [-0.1, -0.05) is 12.1 Å². The third-order valence-corrected chi connectivity index (χ3v) is 4.43. The van der Waals surface area contributed by atoms with Gasteiger partial charge in [-0.3, -0.25) is 4.21 Å². The van der Waals surface area contributed by atoms with Gasteiger partial charge in [0.25, 0.3) is 0 Å². The van der Waals surface area contributed by atoms with E-state index >= 15 is 0 Å². The predicted molar refractivity (Wildman–Crippen MR) is 84.7 cm³/mol. The zero-order chi connectivity index (χ0) is 14.8. The van der Waals surface area contributed by atoms with Crippen molar-refractivity contribution in [2.24, 2.45) is 0 Å². The van der Waals surface area contributed by atoms with Crippen molar-refractivity contribution in [2.45, 2.75) is 51.8 Å². The van der Waals surface area contributed by atoms with Crippen molar-refractivity contribution in [1.29, 1.82) is 0 Å². The van der Waals surface area contributed by atoms with Crippen LogP contribution in [-0.2, 0) is 23.8 Å². The smallest absolute Gasteiger partial charge is 0.123 e. The van der Waals surface area contributed by atoms with Crippen molar-refractivity contribution < 1.29 is 8.95 Å². The highest BCUT2D eigenvalue weighted by molar-refractivity contribution is 7.84. The summed E-state index contributed by atoms with van der Waals surface area (Å²) in [5.41, 5.74) is 2.51. The Morgan fingerprint density at radius 1 is 1.45 bits per heavy atom. The molecule has 1 N–H and O–H groups in total. The van der Waals surface area contributed by atoms with Crippen molar-refractivity contribution in [1.82, 2.24) is 5.32 Å². The quantitative estimate of drug-likeness (QED) is 0.877. The highest BCUT2D eigenvalue weighted by atomic mass is 32.2. The highest BCUT2D eigenvalue weighted by Gasteiger charge is 2.29. The van der Waals surface area contributed by atoms with Crippen molar-refractivity contribution in [3.05, 3.63) is 29.3 Å². The Balaban J connectivity index is 1.88. The van der Waals surface area contributed by atoms with E-state index in [1.807, 2.05) is 0 Å². The van der Waals surface area contributed by atoms with Gasteiger partial charge in [0.05, 0.1) is 0 Å². The number of hydrogen-bond acceptors (Lipinski definition) is 3. The fourth-order valence-corrected chi connectivity index (χ4v) is 3.20. The molecule has 2 atom stereocenters. The van der Waals surface area contributed by atoms with E-state index in [4.69, 9.17) is 4.74 Å². The summed E-state index contributed by atoms with van der Waals surface area (Å²) in [5, 5.41) is 3.49. The SMILES string of the molecule is CC(CCS(C)=O)NCc1ccc2c(c1)CC(C)(C)O2. The van der Waals surface area contributed by atoms with E-state index in [0.29, 0.717) is 6.04 Å². The molecular formula is C16H25NO2S. The highest BCUT2D eigenvalue weighted by Crippen LogP contribution is 2.35. The van der Waals surface area contributed by atoms with Crippen LogP contribution in [0.4, 0.5) is 0 Å². The summed E-state index contributed by atoms with van der Waals surface area (Å²) >= 11 is 0. The predicted octanol–water partition coefficient (Wildman–Crippen LogP) is 2.65. The molecule has 0 fully saturated rings. The lowest BCUT2D eigenvalue weighted by molar-refractivity contribution is 0.138. The number of benzene rings is 1. The molecule has 112 valence electrons. The number of fused-ring (bicyclic) bond motifs is 1. The largest absolute Gasteiger partial charge is 0.487 e. The van der Waals surface area contributed by atoms with Crippen molar-refractivity contribution in [3.63, 3.8) is 0 Å². The normalized spacial score (nSPS) is 19.2. The summed E-state index contributed by atoms with van der Waals surface area (Å²) in [6.07, 6.45) is 3.68. The molecule has 0 bridgehead atoms. The van der Waals surface area contributed by atoms with Crippen molar-refractivity contribution >= 4 is 10.8 Å². The molecule has 0 amide bonds. The third kappa shape index (κ3) is 4.32. The fourth-order valence-electron chi connectivity index (χ4n) is 2.51. The molecule has 0 saturated carbocycles. The van der Waals surface area contributed by atoms with Gasteiger partial charge in [-0.2, -0.15) is 0 Å². The summed E-state index contributed by atoms with van der Waals surface area (Å²) in [5.74, 6) is 1.79. The molecular weight excluding hydrogens is 270 g/mol. The van der Waals surface area contributed by atoms with E-state index in [1.165, 1.54) is 11.1 Å². The Morgan fingerprint density at radius 2 is 2.20 bits per heavy atom. The second kappa shape index (κ2) is 6.27. The van der Waals surface area contributed by atoms with Gasteiger partial charge >= 0.3 is 0 Å². The molecule has 1 aromatic carbocycles. The van der Waals surface area contributed by atoms with E-state index in [0.717, 1.165) is 30.9 Å². The zero-order valence-electron chi connectivity index (χ0n) is 12.9. The van der Waals surface area contributed by atoms with Crippen LogP contribution in [0.5, 0.6) is 5.75 Å². The first kappa shape index (κ1) is 15.5. The molecule has 0 aromatic heterocycles. The first-order valence-electron chi connectivity index (χ1n) is 7.20. The summed E-state index contributed by atoms with van der Waals surface area (Å²) < 4.78 is 17.0. The minimum atomic E-state index is -0.699. The van der Waals surface area contributed by atoms with Gasteiger partial charge in [0.15, 0.2) is 0 Å². The lowest BCUT2D eigenvalue weighted by Gasteiger charge is -2.16. The van der Waals surface area contributed by atoms with E-state index < -0.39 is 10.8 Å². The van der Waals surface area contributed by atoms with Crippen LogP contribution in [0.15, 0.2) is 18.2 Å². The standard InChI is InChI=1S/C16H25NO2S/c1-12(7-8-20(4)18)17-11-13-5-6-15-14(9-13)10-16(2,3)19-15/h5-6,9,12,17H,7-8,10-11H2,1-4H3. The number of rotatable bonds is 6. The zero-order valence-corrected chi connectivity index (χ0v) is 13.7. The first-order valence-corrected chi connectivity index (χ1v) is 8.93. The van der Waals surface area contributed by atoms with Gasteiger partial charge in [0.1, 0.15) is 11.4 Å². The summed E-state index contributed by atoms with van der Waals surface area (Å²) in [6, 6.07) is 6.83. The Kier molecular flexibility index (Phi) is 4.86. The van der Waals surface area contributed by atoms with Crippen molar-refractivity contribution in [2.75, 3.05) is 12.0 Å². The molecule has 4 heteroatoms. The third-order valence-electron chi connectivity index (χ3n) is 3.62. The average molecular weight is 295 g/mol. The summed E-state index contributed by atoms with van der Waals surface area (Å²) in [6.45, 7) is 7.24. The first-order chi connectivity index (χ1) is 9.35. The van der Waals surface area contributed by atoms with Crippen LogP contribution in [0.1, 0.15) is 38.3 Å². The summed E-state index contributed by atoms with van der Waals surface area (Å²) in [7, 11) is -0.699. The lowest BCUT2D eigenvalue weighted by Crippen LogP contribution is -2.27. The van der Waals surface area contributed by atoms with Gasteiger partial charge in [-0.15, -0.1) is 0 Å². The maximum absolute atomic E-state index is 11.1. The Hall–Kier alpha value is -0.870. The van der Waals surface area contributed by atoms with Gasteiger partial charge in [0, 0.05) is 41.8 Å². The Bertz CT molecular complexity index is 499. The van der Waals surface area contributed by atoms with E-state index in [-0.39, 0.29) is 5.60 Å². The monoisotopic (exact) mass is 295 g/mol. The van der Waals surface area contributed by atoms with Crippen LogP contribution in [0.2, 0.25) is 0 Å². The minimum absolute atomic E-state index is 0.0765. The molecule has 3 nitrogen and oxygen atoms in total. The maximum Gasteiger partial charge on any atom is 0.123 e. The molecule has 2 rings (SSSR count). The van der Waals surface area contributed by atoms with Gasteiger partial charge in [0.2, 0.25) is 0 Å². The molecule has 0 radical (unpaired) electrons. The molecule has 20 heavy (non-hydrogen) atoms. The molecule has 0 spiro atoms. The number of hydrogen-bond donors (Lipinski definition) is 1. The maximum atomic E-state index is 11.1. The molecule has 0 saturated heterocycles. The van der Waals surface area contributed by atoms with Crippen LogP contribution in [0.3, 0.4) is 0 Å². The van der Waals surface area contributed by atoms with Gasteiger partial charge in [-0.25, -0.2) is 0 Å². The van der Waals surface area contributed by atoms with E-state index in [9.17, 15) is 4.21 Å². The van der Waals surface area contributed by atoms with Gasteiger partial charge < -0.3 is 10.1 Å². The molecule has 2 unspecified atom stereocenters. The van der Waals surface area contributed by atoms with Crippen LogP contribution in [0.25, 0.3) is 0 Å². The van der Waals surface area contributed by atoms with E-state index in [1.54, 1.807) is 6.26 Å². The molecule has 1 aliphatic rings. The molecule has 1 aliphatic heterocycles. The Labute approximate surface area is 124 Å². The Morgan fingerprint density at radius 3 is 2.90 bits per heavy atom. The lowest BCUT2D eigenvalue weighted by atomic mass is 10.00. The van der Waals surface area contributed by atoms with Crippen LogP contribution < -0.4 is 10.1 Å².